The van der Waals surface area contributed by atoms with Gasteiger partial charge >= 0.3 is 0 Å². The first-order chi connectivity index (χ1) is 9.13. The molecule has 0 radical (unpaired) electrons. The van der Waals surface area contributed by atoms with Crippen molar-refractivity contribution in [1.82, 2.24) is 9.78 Å². The van der Waals surface area contributed by atoms with Gasteiger partial charge in [0.05, 0.1) is 16.4 Å². The van der Waals surface area contributed by atoms with Crippen molar-refractivity contribution in [2.24, 2.45) is 0 Å². The van der Waals surface area contributed by atoms with Crippen LogP contribution in [0.15, 0.2) is 34.9 Å². The Morgan fingerprint density at radius 3 is 2.84 bits per heavy atom. The Balaban J connectivity index is 2.22. The highest BCUT2D eigenvalue weighted by Gasteiger charge is 2.19. The molecule has 0 aliphatic carbocycles. The predicted octanol–water partition coefficient (Wildman–Crippen LogP) is 3.47. The van der Waals surface area contributed by atoms with Gasteiger partial charge in [-0.3, -0.25) is 4.68 Å². The second kappa shape index (κ2) is 6.30. The maximum absolute atomic E-state index is 13.6. The normalized spacial score (nSPS) is 12.6. The lowest BCUT2D eigenvalue weighted by Gasteiger charge is -2.14. The van der Waals surface area contributed by atoms with Gasteiger partial charge in [0, 0.05) is 13.0 Å². The number of rotatable bonds is 5. The number of aryl methyl sites for hydroxylation is 1. The molecule has 2 rings (SSSR count). The molecule has 0 amide bonds. The monoisotopic (exact) mass is 326 g/mol. The van der Waals surface area contributed by atoms with E-state index in [1.165, 1.54) is 6.07 Å². The molecule has 0 saturated heterocycles. The third kappa shape index (κ3) is 3.22. The van der Waals surface area contributed by atoms with Crippen LogP contribution in [0.1, 0.15) is 30.7 Å². The van der Waals surface area contributed by atoms with Crippen LogP contribution in [-0.4, -0.2) is 14.9 Å². The quantitative estimate of drug-likeness (QED) is 0.913. The first kappa shape index (κ1) is 14.2. The smallest absolute Gasteiger partial charge is 0.126 e. The highest BCUT2D eigenvalue weighted by molar-refractivity contribution is 9.10. The van der Waals surface area contributed by atoms with Gasteiger partial charge in [0.1, 0.15) is 11.9 Å². The van der Waals surface area contributed by atoms with Crippen molar-refractivity contribution >= 4 is 15.9 Å². The molecule has 1 aromatic heterocycles. The summed E-state index contributed by atoms with van der Waals surface area (Å²) in [5.74, 6) is -0.292. The maximum atomic E-state index is 13.6. The zero-order valence-corrected chi connectivity index (χ0v) is 12.3. The van der Waals surface area contributed by atoms with Gasteiger partial charge in [-0.1, -0.05) is 25.1 Å². The van der Waals surface area contributed by atoms with Crippen LogP contribution in [0.25, 0.3) is 0 Å². The summed E-state index contributed by atoms with van der Waals surface area (Å²) in [5, 5.41) is 14.5. The van der Waals surface area contributed by atoms with Crippen molar-refractivity contribution < 1.29 is 9.50 Å². The molecule has 102 valence electrons. The first-order valence-corrected chi connectivity index (χ1v) is 7.05. The molecule has 3 nitrogen and oxygen atoms in total. The van der Waals surface area contributed by atoms with Crippen LogP contribution in [0, 0.1) is 5.82 Å². The summed E-state index contributed by atoms with van der Waals surface area (Å²) in [4.78, 5) is 0. The fourth-order valence-corrected chi connectivity index (χ4v) is 2.62. The second-order valence-electron chi connectivity index (χ2n) is 4.41. The summed E-state index contributed by atoms with van der Waals surface area (Å²) in [6.45, 7) is 2.78. The van der Waals surface area contributed by atoms with Gasteiger partial charge in [0.25, 0.3) is 0 Å². The minimum atomic E-state index is -0.777. The second-order valence-corrected chi connectivity index (χ2v) is 5.27. The van der Waals surface area contributed by atoms with Gasteiger partial charge in [-0.05, 0) is 34.0 Å². The van der Waals surface area contributed by atoms with E-state index in [1.807, 2.05) is 6.92 Å². The SMILES string of the molecule is CCCn1ncc(Br)c1C(O)Cc1ccccc1F. The summed E-state index contributed by atoms with van der Waals surface area (Å²) in [6.07, 6.45) is 2.05. The zero-order chi connectivity index (χ0) is 13.8. The molecule has 1 heterocycles. The molecule has 0 aliphatic heterocycles. The van der Waals surface area contributed by atoms with Gasteiger partial charge in [-0.2, -0.15) is 5.10 Å². The number of aliphatic hydroxyl groups is 1. The van der Waals surface area contributed by atoms with E-state index in [2.05, 4.69) is 21.0 Å². The predicted molar refractivity (Wildman–Crippen MR) is 75.3 cm³/mol. The minimum absolute atomic E-state index is 0.237. The van der Waals surface area contributed by atoms with Crippen LogP contribution in [-0.2, 0) is 13.0 Å². The van der Waals surface area contributed by atoms with Gasteiger partial charge in [0.2, 0.25) is 0 Å². The zero-order valence-electron chi connectivity index (χ0n) is 10.7. The standard InChI is InChI=1S/C14H16BrFN2O/c1-2-7-18-14(11(15)9-17-18)13(19)8-10-5-3-4-6-12(10)16/h3-6,9,13,19H,2,7-8H2,1H3. The number of halogens is 2. The van der Waals surface area contributed by atoms with Crippen LogP contribution in [0.2, 0.25) is 0 Å². The lowest BCUT2D eigenvalue weighted by Crippen LogP contribution is -2.12. The third-order valence-corrected chi connectivity index (χ3v) is 3.57. The molecule has 0 spiro atoms. The van der Waals surface area contributed by atoms with E-state index in [0.29, 0.717) is 11.3 Å². The van der Waals surface area contributed by atoms with E-state index < -0.39 is 6.10 Å². The van der Waals surface area contributed by atoms with E-state index in [9.17, 15) is 9.50 Å². The van der Waals surface area contributed by atoms with Crippen LogP contribution in [0.4, 0.5) is 4.39 Å². The molecule has 0 fully saturated rings. The average molecular weight is 327 g/mol. The number of hydrogen-bond acceptors (Lipinski definition) is 2. The molecule has 1 unspecified atom stereocenters. The lowest BCUT2D eigenvalue weighted by atomic mass is 10.1. The Kier molecular flexibility index (Phi) is 4.71. The largest absolute Gasteiger partial charge is 0.386 e. The van der Waals surface area contributed by atoms with E-state index in [-0.39, 0.29) is 12.2 Å². The fraction of sp³-hybridized carbons (Fsp3) is 0.357. The van der Waals surface area contributed by atoms with Gasteiger partial charge < -0.3 is 5.11 Å². The number of benzene rings is 1. The Labute approximate surface area is 120 Å². The number of aromatic nitrogens is 2. The van der Waals surface area contributed by atoms with Crippen molar-refractivity contribution in [3.05, 3.63) is 52.0 Å². The molecule has 1 aromatic carbocycles. The molecule has 0 aliphatic rings. The highest BCUT2D eigenvalue weighted by atomic mass is 79.9. The minimum Gasteiger partial charge on any atom is -0.386 e. The van der Waals surface area contributed by atoms with E-state index in [0.717, 1.165) is 17.4 Å². The third-order valence-electron chi connectivity index (χ3n) is 2.96. The van der Waals surface area contributed by atoms with Crippen LogP contribution in [0.5, 0.6) is 0 Å². The van der Waals surface area contributed by atoms with Crippen LogP contribution >= 0.6 is 15.9 Å². The summed E-state index contributed by atoms with van der Waals surface area (Å²) in [6, 6.07) is 6.50. The van der Waals surface area contributed by atoms with Crippen molar-refractivity contribution in [2.45, 2.75) is 32.4 Å². The van der Waals surface area contributed by atoms with Gasteiger partial charge in [-0.25, -0.2) is 4.39 Å². The summed E-state index contributed by atoms with van der Waals surface area (Å²) < 4.78 is 16.1. The van der Waals surface area contributed by atoms with Gasteiger partial charge in [-0.15, -0.1) is 0 Å². The Bertz CT molecular complexity index is 556. The molecule has 2 aromatic rings. The average Bonchev–Trinajstić information content (AvgIpc) is 2.74. The number of hydrogen-bond donors (Lipinski definition) is 1. The molecular formula is C14H16BrFN2O. The summed E-state index contributed by atoms with van der Waals surface area (Å²) in [7, 11) is 0. The Hall–Kier alpha value is -1.20. The molecule has 19 heavy (non-hydrogen) atoms. The van der Waals surface area contributed by atoms with E-state index in [1.54, 1.807) is 29.1 Å². The number of aliphatic hydroxyl groups excluding tert-OH is 1. The summed E-state index contributed by atoms with van der Waals surface area (Å²) >= 11 is 3.38. The molecular weight excluding hydrogens is 311 g/mol. The number of nitrogens with zero attached hydrogens (tertiary/aromatic N) is 2. The summed E-state index contributed by atoms with van der Waals surface area (Å²) in [5.41, 5.74) is 1.20. The van der Waals surface area contributed by atoms with Gasteiger partial charge in [0.15, 0.2) is 0 Å². The molecule has 0 saturated carbocycles. The lowest BCUT2D eigenvalue weighted by molar-refractivity contribution is 0.164. The Morgan fingerprint density at radius 2 is 2.16 bits per heavy atom. The van der Waals surface area contributed by atoms with Crippen molar-refractivity contribution in [3.8, 4) is 0 Å². The molecule has 1 atom stereocenters. The van der Waals surface area contributed by atoms with Crippen LogP contribution in [0.3, 0.4) is 0 Å². The van der Waals surface area contributed by atoms with E-state index >= 15 is 0 Å². The Morgan fingerprint density at radius 1 is 1.42 bits per heavy atom. The molecule has 0 bridgehead atoms. The fourth-order valence-electron chi connectivity index (χ4n) is 2.06. The topological polar surface area (TPSA) is 38.0 Å². The highest BCUT2D eigenvalue weighted by Crippen LogP contribution is 2.26. The maximum Gasteiger partial charge on any atom is 0.126 e. The first-order valence-electron chi connectivity index (χ1n) is 6.26. The van der Waals surface area contributed by atoms with E-state index in [4.69, 9.17) is 0 Å². The van der Waals surface area contributed by atoms with Crippen LogP contribution < -0.4 is 0 Å². The van der Waals surface area contributed by atoms with Crippen molar-refractivity contribution in [3.63, 3.8) is 0 Å². The molecule has 1 N–H and O–H groups in total. The molecule has 5 heteroatoms. The van der Waals surface area contributed by atoms with Crippen molar-refractivity contribution in [1.29, 1.82) is 0 Å². The van der Waals surface area contributed by atoms with Crippen molar-refractivity contribution in [2.75, 3.05) is 0 Å².